The van der Waals surface area contributed by atoms with Gasteiger partial charge in [-0.1, -0.05) is 18.0 Å². The maximum absolute atomic E-state index is 11.7. The first-order valence-corrected chi connectivity index (χ1v) is 6.84. The van der Waals surface area contributed by atoms with Gasteiger partial charge in [0.05, 0.1) is 17.7 Å². The lowest BCUT2D eigenvalue weighted by Crippen LogP contribution is -2.12. The number of hydrogen-bond acceptors (Lipinski definition) is 4. The first-order valence-electron chi connectivity index (χ1n) is 6.46. The molecule has 1 aromatic rings. The zero-order valence-electron chi connectivity index (χ0n) is 11.4. The smallest absolute Gasteiger partial charge is 0.339 e. The molecule has 0 saturated carbocycles. The minimum Gasteiger partial charge on any atom is -0.465 e. The van der Waals surface area contributed by atoms with Crippen molar-refractivity contribution in [1.82, 2.24) is 0 Å². The Kier molecular flexibility index (Phi) is 7.04. The van der Waals surface area contributed by atoms with Gasteiger partial charge >= 0.3 is 5.97 Å². The molecule has 0 aliphatic heterocycles. The molecule has 6 heteroatoms. The van der Waals surface area contributed by atoms with Gasteiger partial charge in [0, 0.05) is 12.1 Å². The Morgan fingerprint density at radius 3 is 2.70 bits per heavy atom. The van der Waals surface area contributed by atoms with E-state index in [2.05, 4.69) is 10.1 Å². The van der Waals surface area contributed by atoms with Crippen LogP contribution in [0.5, 0.6) is 0 Å². The second-order valence-corrected chi connectivity index (χ2v) is 4.74. The van der Waals surface area contributed by atoms with E-state index in [-0.39, 0.29) is 16.5 Å². The van der Waals surface area contributed by atoms with Crippen LogP contribution in [0.2, 0.25) is 5.02 Å². The molecule has 0 aromatic heterocycles. The first kappa shape index (κ1) is 16.5. The molecule has 3 N–H and O–H groups in total. The summed E-state index contributed by atoms with van der Waals surface area (Å²) in [5.41, 5.74) is 6.14. The number of anilines is 1. The molecule has 0 bridgehead atoms. The molecule has 1 amide bonds. The Hall–Kier alpha value is -1.59. The minimum absolute atomic E-state index is 0.0971. The summed E-state index contributed by atoms with van der Waals surface area (Å²) in [4.78, 5) is 23.2. The molecule has 0 unspecified atom stereocenters. The minimum atomic E-state index is -0.533. The van der Waals surface area contributed by atoms with Crippen molar-refractivity contribution in [1.29, 1.82) is 0 Å². The number of nitrogens with one attached hydrogen (secondary N) is 1. The van der Waals surface area contributed by atoms with Gasteiger partial charge in [0.25, 0.3) is 0 Å². The fourth-order valence-electron chi connectivity index (χ4n) is 1.70. The molecule has 1 aromatic carbocycles. The molecular weight excluding hydrogens is 280 g/mol. The zero-order chi connectivity index (χ0) is 15.0. The molecular formula is C14H19ClN2O3. The highest BCUT2D eigenvalue weighted by Gasteiger charge is 2.12. The highest BCUT2D eigenvalue weighted by atomic mass is 35.5. The van der Waals surface area contributed by atoms with E-state index in [9.17, 15) is 9.59 Å². The molecule has 1 rings (SSSR count). The van der Waals surface area contributed by atoms with E-state index in [1.165, 1.54) is 13.2 Å². The Bertz CT molecular complexity index is 477. The molecule has 0 aliphatic carbocycles. The molecule has 0 radical (unpaired) electrons. The summed E-state index contributed by atoms with van der Waals surface area (Å²) in [6.07, 6.45) is 3.06. The number of carbonyl (C=O) groups is 2. The lowest BCUT2D eigenvalue weighted by atomic mass is 10.1. The van der Waals surface area contributed by atoms with Gasteiger partial charge in [0.15, 0.2) is 0 Å². The predicted molar refractivity (Wildman–Crippen MR) is 78.9 cm³/mol. The summed E-state index contributed by atoms with van der Waals surface area (Å²) >= 11 is 5.90. The van der Waals surface area contributed by atoms with Gasteiger partial charge in [-0.05, 0) is 37.6 Å². The van der Waals surface area contributed by atoms with Crippen LogP contribution in [0.15, 0.2) is 18.2 Å². The Morgan fingerprint density at radius 2 is 2.05 bits per heavy atom. The van der Waals surface area contributed by atoms with Crippen molar-refractivity contribution in [2.45, 2.75) is 25.7 Å². The summed E-state index contributed by atoms with van der Waals surface area (Å²) in [6, 6.07) is 4.70. The summed E-state index contributed by atoms with van der Waals surface area (Å²) in [7, 11) is 1.28. The highest BCUT2D eigenvalue weighted by Crippen LogP contribution is 2.21. The van der Waals surface area contributed by atoms with E-state index in [0.29, 0.717) is 18.7 Å². The van der Waals surface area contributed by atoms with E-state index >= 15 is 0 Å². The topological polar surface area (TPSA) is 81.4 Å². The lowest BCUT2D eigenvalue weighted by molar-refractivity contribution is -0.116. The highest BCUT2D eigenvalue weighted by molar-refractivity contribution is 6.33. The van der Waals surface area contributed by atoms with Gasteiger partial charge in [0.1, 0.15) is 0 Å². The number of hydrogen-bond donors (Lipinski definition) is 2. The zero-order valence-corrected chi connectivity index (χ0v) is 12.2. The first-order chi connectivity index (χ1) is 9.58. The third-order valence-electron chi connectivity index (χ3n) is 2.76. The third-order valence-corrected chi connectivity index (χ3v) is 3.09. The van der Waals surface area contributed by atoms with Crippen LogP contribution in [0.4, 0.5) is 5.69 Å². The van der Waals surface area contributed by atoms with Gasteiger partial charge in [0.2, 0.25) is 5.91 Å². The normalized spacial score (nSPS) is 10.2. The standard InChI is InChI=1S/C14H19ClN2O3/c1-20-14(19)11-9-10(6-7-12(11)15)17-13(18)5-3-2-4-8-16/h6-7,9H,2-5,8,16H2,1H3,(H,17,18). The van der Waals surface area contributed by atoms with Crippen LogP contribution in [0, 0.1) is 0 Å². The number of benzene rings is 1. The van der Waals surface area contributed by atoms with Crippen LogP contribution >= 0.6 is 11.6 Å². The number of carbonyl (C=O) groups excluding carboxylic acids is 2. The monoisotopic (exact) mass is 298 g/mol. The number of esters is 1. The van der Waals surface area contributed by atoms with Crippen molar-refractivity contribution in [3.05, 3.63) is 28.8 Å². The van der Waals surface area contributed by atoms with Crippen molar-refractivity contribution >= 4 is 29.2 Å². The van der Waals surface area contributed by atoms with Crippen LogP contribution < -0.4 is 11.1 Å². The summed E-state index contributed by atoms with van der Waals surface area (Å²) in [6.45, 7) is 0.640. The van der Waals surface area contributed by atoms with Gasteiger partial charge in [-0.3, -0.25) is 4.79 Å². The maximum Gasteiger partial charge on any atom is 0.339 e. The van der Waals surface area contributed by atoms with Gasteiger partial charge in [-0.2, -0.15) is 0 Å². The largest absolute Gasteiger partial charge is 0.465 e. The average molecular weight is 299 g/mol. The van der Waals surface area contributed by atoms with Crippen molar-refractivity contribution in [3.63, 3.8) is 0 Å². The van der Waals surface area contributed by atoms with Crippen LogP contribution in [0.25, 0.3) is 0 Å². The molecule has 110 valence electrons. The van der Waals surface area contributed by atoms with E-state index in [1.54, 1.807) is 12.1 Å². The summed E-state index contributed by atoms with van der Waals surface area (Å²) in [5.74, 6) is -0.630. The quantitative estimate of drug-likeness (QED) is 0.599. The fourth-order valence-corrected chi connectivity index (χ4v) is 1.89. The second kappa shape index (κ2) is 8.55. The Labute approximate surface area is 123 Å². The van der Waals surface area contributed by atoms with E-state index < -0.39 is 5.97 Å². The molecule has 0 spiro atoms. The van der Waals surface area contributed by atoms with Crippen LogP contribution in [0.3, 0.4) is 0 Å². The second-order valence-electron chi connectivity index (χ2n) is 4.33. The number of amides is 1. The molecule has 5 nitrogen and oxygen atoms in total. The number of unbranched alkanes of at least 4 members (excludes halogenated alkanes) is 2. The average Bonchev–Trinajstić information content (AvgIpc) is 2.45. The molecule has 0 fully saturated rings. The van der Waals surface area contributed by atoms with E-state index in [0.717, 1.165) is 19.3 Å². The van der Waals surface area contributed by atoms with Gasteiger partial charge in [-0.25, -0.2) is 4.79 Å². The number of ether oxygens (including phenoxy) is 1. The van der Waals surface area contributed by atoms with Gasteiger partial charge < -0.3 is 15.8 Å². The summed E-state index contributed by atoms with van der Waals surface area (Å²) < 4.78 is 4.62. The van der Waals surface area contributed by atoms with Crippen molar-refractivity contribution in [2.75, 3.05) is 19.0 Å². The molecule has 0 aliphatic rings. The molecule has 0 heterocycles. The number of rotatable bonds is 7. The van der Waals surface area contributed by atoms with Crippen LogP contribution in [0.1, 0.15) is 36.0 Å². The molecule has 20 heavy (non-hydrogen) atoms. The number of halogens is 1. The van der Waals surface area contributed by atoms with E-state index in [1.807, 2.05) is 0 Å². The van der Waals surface area contributed by atoms with Crippen LogP contribution in [-0.2, 0) is 9.53 Å². The van der Waals surface area contributed by atoms with Crippen molar-refractivity contribution < 1.29 is 14.3 Å². The molecule has 0 saturated heterocycles. The Morgan fingerprint density at radius 1 is 1.30 bits per heavy atom. The van der Waals surface area contributed by atoms with Gasteiger partial charge in [-0.15, -0.1) is 0 Å². The van der Waals surface area contributed by atoms with E-state index in [4.69, 9.17) is 17.3 Å². The Balaban J connectivity index is 2.59. The third kappa shape index (κ3) is 5.19. The fraction of sp³-hybridized carbons (Fsp3) is 0.429. The lowest BCUT2D eigenvalue weighted by Gasteiger charge is -2.08. The van der Waals surface area contributed by atoms with Crippen molar-refractivity contribution in [2.24, 2.45) is 5.73 Å². The van der Waals surface area contributed by atoms with Crippen molar-refractivity contribution in [3.8, 4) is 0 Å². The molecule has 0 atom stereocenters. The number of nitrogens with two attached hydrogens (primary N) is 1. The number of methoxy groups -OCH3 is 1. The predicted octanol–water partition coefficient (Wildman–Crippen LogP) is 2.58. The SMILES string of the molecule is COC(=O)c1cc(NC(=O)CCCCCN)ccc1Cl. The summed E-state index contributed by atoms with van der Waals surface area (Å²) in [5, 5.41) is 3.02. The van der Waals surface area contributed by atoms with Crippen LogP contribution in [-0.4, -0.2) is 25.5 Å². The maximum atomic E-state index is 11.7.